The molecule has 0 saturated heterocycles. The summed E-state index contributed by atoms with van der Waals surface area (Å²) in [6.07, 6.45) is 0. The normalized spacial score (nSPS) is 10.2. The molecule has 0 amide bonds. The molecule has 2 rings (SSSR count). The molecule has 0 saturated carbocycles. The fourth-order valence-corrected chi connectivity index (χ4v) is 1.83. The Bertz CT molecular complexity index is 613. The highest BCUT2D eigenvalue weighted by Gasteiger charge is 2.15. The van der Waals surface area contributed by atoms with Crippen molar-refractivity contribution in [1.82, 2.24) is 0 Å². The summed E-state index contributed by atoms with van der Waals surface area (Å²) >= 11 is 5.71. The van der Waals surface area contributed by atoms with Crippen LogP contribution < -0.4 is 4.74 Å². The molecule has 6 heteroatoms. The summed E-state index contributed by atoms with van der Waals surface area (Å²) in [6.45, 7) is 0.173. The predicted molar refractivity (Wildman–Crippen MR) is 75.1 cm³/mol. The number of nitro groups is 1. The number of hydrogen-bond donors (Lipinski definition) is 1. The van der Waals surface area contributed by atoms with Gasteiger partial charge in [-0.2, -0.15) is 0 Å². The predicted octanol–water partition coefficient (Wildman–Crippen LogP) is 3.62. The van der Waals surface area contributed by atoms with E-state index in [0.717, 1.165) is 11.1 Å². The summed E-state index contributed by atoms with van der Waals surface area (Å²) in [7, 11) is 0. The number of rotatable bonds is 5. The number of nitrogens with zero attached hydrogens (tertiary/aromatic N) is 1. The van der Waals surface area contributed by atoms with Crippen molar-refractivity contribution >= 4 is 17.3 Å². The molecule has 0 spiro atoms. The van der Waals surface area contributed by atoms with E-state index in [4.69, 9.17) is 16.3 Å². The van der Waals surface area contributed by atoms with Crippen LogP contribution in [0.5, 0.6) is 11.5 Å². The lowest BCUT2D eigenvalue weighted by Crippen LogP contribution is -1.99. The van der Waals surface area contributed by atoms with Crippen LogP contribution in [0.25, 0.3) is 0 Å². The van der Waals surface area contributed by atoms with Gasteiger partial charge in [0.05, 0.1) is 4.92 Å². The lowest BCUT2D eigenvalue weighted by Gasteiger charge is -2.08. The fourth-order valence-electron chi connectivity index (χ4n) is 1.66. The molecule has 0 radical (unpaired) electrons. The van der Waals surface area contributed by atoms with E-state index in [2.05, 4.69) is 0 Å². The second-order valence-electron chi connectivity index (χ2n) is 4.15. The zero-order valence-corrected chi connectivity index (χ0v) is 11.2. The first-order valence-corrected chi connectivity index (χ1v) is 6.37. The Kier molecular flexibility index (Phi) is 4.42. The third kappa shape index (κ3) is 3.39. The summed E-state index contributed by atoms with van der Waals surface area (Å²) in [5, 5.41) is 20.1. The summed E-state index contributed by atoms with van der Waals surface area (Å²) in [6, 6.07) is 11.0. The number of phenols is 1. The third-order valence-corrected chi connectivity index (χ3v) is 3.01. The molecular weight excluding hydrogens is 282 g/mol. The first kappa shape index (κ1) is 14.1. The van der Waals surface area contributed by atoms with Gasteiger partial charge in [0.15, 0.2) is 5.75 Å². The van der Waals surface area contributed by atoms with Gasteiger partial charge in [0.2, 0.25) is 0 Å². The first-order valence-electron chi connectivity index (χ1n) is 5.84. The number of ether oxygens (including phenoxy) is 1. The quantitative estimate of drug-likeness (QED) is 0.519. The third-order valence-electron chi connectivity index (χ3n) is 2.71. The van der Waals surface area contributed by atoms with Crippen LogP contribution in [0.2, 0.25) is 0 Å². The molecule has 2 aromatic rings. The second-order valence-corrected chi connectivity index (χ2v) is 4.42. The van der Waals surface area contributed by atoms with Crippen molar-refractivity contribution in [3.8, 4) is 11.5 Å². The van der Waals surface area contributed by atoms with Gasteiger partial charge in [-0.3, -0.25) is 10.1 Å². The van der Waals surface area contributed by atoms with E-state index in [0.29, 0.717) is 0 Å². The summed E-state index contributed by atoms with van der Waals surface area (Å²) in [5.74, 6) is 0.596. The van der Waals surface area contributed by atoms with Gasteiger partial charge in [0, 0.05) is 11.9 Å². The fraction of sp³-hybridized carbons (Fsp3) is 0.143. The molecule has 5 nitrogen and oxygen atoms in total. The number of phenolic OH excluding ortho intramolecular Hbond substituents is 1. The molecule has 0 aromatic heterocycles. The molecule has 0 aliphatic rings. The molecule has 0 aliphatic heterocycles. The molecule has 0 unspecified atom stereocenters. The summed E-state index contributed by atoms with van der Waals surface area (Å²) < 4.78 is 5.48. The maximum atomic E-state index is 10.9. The number of benzene rings is 2. The molecule has 104 valence electrons. The molecule has 0 atom stereocenters. The second kappa shape index (κ2) is 6.25. The van der Waals surface area contributed by atoms with E-state index < -0.39 is 4.92 Å². The van der Waals surface area contributed by atoms with Gasteiger partial charge in [-0.05, 0) is 29.3 Å². The van der Waals surface area contributed by atoms with Crippen molar-refractivity contribution in [3.05, 3.63) is 63.7 Å². The minimum atomic E-state index is -0.496. The first-order chi connectivity index (χ1) is 9.60. The van der Waals surface area contributed by atoms with Gasteiger partial charge in [-0.25, -0.2) is 0 Å². The van der Waals surface area contributed by atoms with E-state index in [-0.39, 0.29) is 29.7 Å². The van der Waals surface area contributed by atoms with E-state index in [1.54, 1.807) is 24.3 Å². The molecule has 0 bridgehead atoms. The Morgan fingerprint density at radius 2 is 1.80 bits per heavy atom. The molecule has 0 fully saturated rings. The van der Waals surface area contributed by atoms with Crippen molar-refractivity contribution < 1.29 is 14.8 Å². The Morgan fingerprint density at radius 1 is 1.15 bits per heavy atom. The SMILES string of the molecule is O=[N+]([O-])c1ccc(CCl)cc1OCc1ccc(O)cc1. The maximum absolute atomic E-state index is 10.9. The van der Waals surface area contributed by atoms with Gasteiger partial charge >= 0.3 is 5.69 Å². The Hall–Kier alpha value is -2.27. The van der Waals surface area contributed by atoms with E-state index >= 15 is 0 Å². The number of alkyl halides is 1. The average Bonchev–Trinajstić information content (AvgIpc) is 2.46. The molecular formula is C14H12ClNO4. The Morgan fingerprint density at radius 3 is 2.40 bits per heavy atom. The molecule has 1 N–H and O–H groups in total. The van der Waals surface area contributed by atoms with E-state index in [1.807, 2.05) is 0 Å². The number of nitro benzene ring substituents is 1. The Balaban J connectivity index is 2.18. The van der Waals surface area contributed by atoms with Gasteiger partial charge in [-0.15, -0.1) is 11.6 Å². The van der Waals surface area contributed by atoms with Crippen molar-refractivity contribution in [3.63, 3.8) is 0 Å². The van der Waals surface area contributed by atoms with Gasteiger partial charge in [-0.1, -0.05) is 18.2 Å². The van der Waals surface area contributed by atoms with Crippen molar-refractivity contribution in [2.24, 2.45) is 0 Å². The monoisotopic (exact) mass is 293 g/mol. The number of halogens is 1. The molecule has 0 heterocycles. The smallest absolute Gasteiger partial charge is 0.310 e. The molecule has 20 heavy (non-hydrogen) atoms. The summed E-state index contributed by atoms with van der Waals surface area (Å²) in [4.78, 5) is 10.4. The largest absolute Gasteiger partial charge is 0.508 e. The van der Waals surface area contributed by atoms with Crippen LogP contribution in [0.3, 0.4) is 0 Å². The highest BCUT2D eigenvalue weighted by atomic mass is 35.5. The van der Waals surface area contributed by atoms with Gasteiger partial charge < -0.3 is 9.84 Å². The lowest BCUT2D eigenvalue weighted by atomic mass is 10.2. The van der Waals surface area contributed by atoms with Gasteiger partial charge in [0.25, 0.3) is 0 Å². The van der Waals surface area contributed by atoms with Gasteiger partial charge in [0.1, 0.15) is 12.4 Å². The number of aromatic hydroxyl groups is 1. The standard InChI is InChI=1S/C14H12ClNO4/c15-8-11-3-6-13(16(18)19)14(7-11)20-9-10-1-4-12(17)5-2-10/h1-7,17H,8-9H2. The number of hydrogen-bond acceptors (Lipinski definition) is 4. The molecule has 0 aliphatic carbocycles. The molecule has 2 aromatic carbocycles. The zero-order chi connectivity index (χ0) is 14.5. The van der Waals surface area contributed by atoms with Crippen molar-refractivity contribution in [1.29, 1.82) is 0 Å². The summed E-state index contributed by atoms with van der Waals surface area (Å²) in [5.41, 5.74) is 1.45. The topological polar surface area (TPSA) is 72.6 Å². The maximum Gasteiger partial charge on any atom is 0.310 e. The van der Waals surface area contributed by atoms with Crippen LogP contribution in [0.4, 0.5) is 5.69 Å². The van der Waals surface area contributed by atoms with Crippen molar-refractivity contribution in [2.75, 3.05) is 0 Å². The van der Waals surface area contributed by atoms with Crippen LogP contribution in [0.1, 0.15) is 11.1 Å². The van der Waals surface area contributed by atoms with Crippen LogP contribution in [0, 0.1) is 10.1 Å². The van der Waals surface area contributed by atoms with Crippen LogP contribution in [-0.4, -0.2) is 10.0 Å². The minimum absolute atomic E-state index is 0.0994. The van der Waals surface area contributed by atoms with Crippen LogP contribution >= 0.6 is 11.6 Å². The highest BCUT2D eigenvalue weighted by molar-refractivity contribution is 6.17. The van der Waals surface area contributed by atoms with E-state index in [9.17, 15) is 15.2 Å². The van der Waals surface area contributed by atoms with Crippen LogP contribution in [-0.2, 0) is 12.5 Å². The van der Waals surface area contributed by atoms with Crippen LogP contribution in [0.15, 0.2) is 42.5 Å². The minimum Gasteiger partial charge on any atom is -0.508 e. The lowest BCUT2D eigenvalue weighted by molar-refractivity contribution is -0.386. The Labute approximate surface area is 120 Å². The van der Waals surface area contributed by atoms with E-state index in [1.165, 1.54) is 18.2 Å². The zero-order valence-electron chi connectivity index (χ0n) is 10.5. The average molecular weight is 294 g/mol. The highest BCUT2D eigenvalue weighted by Crippen LogP contribution is 2.29. The van der Waals surface area contributed by atoms with Crippen molar-refractivity contribution in [2.45, 2.75) is 12.5 Å².